The van der Waals surface area contributed by atoms with Crippen molar-refractivity contribution in [2.75, 3.05) is 27.2 Å². The number of likely N-dealkylation sites (tertiary alicyclic amines) is 1. The van der Waals surface area contributed by atoms with Crippen LogP contribution < -0.4 is 0 Å². The molecule has 1 aromatic carbocycles. The highest BCUT2D eigenvalue weighted by Crippen LogP contribution is 2.28. The molecule has 2 heterocycles. The molecule has 0 saturated carbocycles. The molecule has 0 bridgehead atoms. The fourth-order valence-electron chi connectivity index (χ4n) is 3.39. The fraction of sp³-hybridized carbons (Fsp3) is 0.556. The number of hydrogen-bond acceptors (Lipinski definition) is 4. The molecule has 6 heteroatoms. The molecule has 1 aliphatic heterocycles. The summed E-state index contributed by atoms with van der Waals surface area (Å²) in [5.74, 6) is 2.68. The molecule has 0 radical (unpaired) electrons. The smallest absolute Gasteiger partial charge is 0.146 e. The van der Waals surface area contributed by atoms with Crippen molar-refractivity contribution in [1.82, 2.24) is 24.6 Å². The van der Waals surface area contributed by atoms with Gasteiger partial charge in [0.2, 0.25) is 0 Å². The van der Waals surface area contributed by atoms with Gasteiger partial charge in [0.25, 0.3) is 0 Å². The third-order valence-electron chi connectivity index (χ3n) is 4.70. The number of benzene rings is 1. The van der Waals surface area contributed by atoms with Gasteiger partial charge in [0.1, 0.15) is 11.6 Å². The average Bonchev–Trinajstić information content (AvgIpc) is 2.89. The first-order valence-corrected chi connectivity index (χ1v) is 8.90. The number of piperidine rings is 1. The topological polar surface area (TPSA) is 37.2 Å². The van der Waals surface area contributed by atoms with E-state index in [9.17, 15) is 0 Å². The Balaban J connectivity index is 1.58. The predicted molar refractivity (Wildman–Crippen MR) is 97.1 cm³/mol. The van der Waals surface area contributed by atoms with Crippen LogP contribution in [0.2, 0.25) is 5.02 Å². The summed E-state index contributed by atoms with van der Waals surface area (Å²) in [6, 6.07) is 8.16. The molecular weight excluding hydrogens is 322 g/mol. The quantitative estimate of drug-likeness (QED) is 0.833. The zero-order valence-electron chi connectivity index (χ0n) is 14.7. The standard InChI is InChI=1S/C18H26ClN5/c1-22(2)13-17-20-21-18(23(17)3)15-7-9-24(10-8-15)12-14-5-4-6-16(19)11-14/h4-6,11,15H,7-10,12-13H2,1-3H3. The van der Waals surface area contributed by atoms with Crippen molar-refractivity contribution in [1.29, 1.82) is 0 Å². The molecule has 0 spiro atoms. The fourth-order valence-corrected chi connectivity index (χ4v) is 3.61. The second-order valence-electron chi connectivity index (χ2n) is 6.95. The van der Waals surface area contributed by atoms with Crippen LogP contribution in [0.4, 0.5) is 0 Å². The van der Waals surface area contributed by atoms with E-state index in [1.807, 2.05) is 12.1 Å². The van der Waals surface area contributed by atoms with Crippen LogP contribution in [0, 0.1) is 0 Å². The Bertz CT molecular complexity index is 674. The molecular formula is C18H26ClN5. The van der Waals surface area contributed by atoms with Gasteiger partial charge in [-0.3, -0.25) is 4.90 Å². The van der Waals surface area contributed by atoms with Crippen LogP contribution >= 0.6 is 11.6 Å². The van der Waals surface area contributed by atoms with Crippen LogP contribution in [-0.2, 0) is 20.1 Å². The molecule has 0 amide bonds. The summed E-state index contributed by atoms with van der Waals surface area (Å²) in [5, 5.41) is 9.65. The maximum Gasteiger partial charge on any atom is 0.146 e. The lowest BCUT2D eigenvalue weighted by atomic mass is 9.95. The third kappa shape index (κ3) is 4.15. The summed E-state index contributed by atoms with van der Waals surface area (Å²) in [6.45, 7) is 3.98. The van der Waals surface area contributed by atoms with Crippen LogP contribution in [0.15, 0.2) is 24.3 Å². The van der Waals surface area contributed by atoms with E-state index in [0.29, 0.717) is 5.92 Å². The normalized spacial score (nSPS) is 16.9. The Morgan fingerprint density at radius 2 is 1.96 bits per heavy atom. The molecule has 24 heavy (non-hydrogen) atoms. The monoisotopic (exact) mass is 347 g/mol. The molecule has 130 valence electrons. The second-order valence-corrected chi connectivity index (χ2v) is 7.39. The number of rotatable bonds is 5. The van der Waals surface area contributed by atoms with Crippen LogP contribution in [0.5, 0.6) is 0 Å². The van der Waals surface area contributed by atoms with Gasteiger partial charge in [-0.05, 0) is 57.7 Å². The van der Waals surface area contributed by atoms with E-state index in [0.717, 1.165) is 55.7 Å². The van der Waals surface area contributed by atoms with Gasteiger partial charge in [0.05, 0.1) is 6.54 Å². The van der Waals surface area contributed by atoms with E-state index in [1.54, 1.807) is 0 Å². The van der Waals surface area contributed by atoms with Crippen molar-refractivity contribution < 1.29 is 0 Å². The molecule has 2 aromatic rings. The van der Waals surface area contributed by atoms with Gasteiger partial charge in [-0.2, -0.15) is 0 Å². The first-order valence-electron chi connectivity index (χ1n) is 8.52. The van der Waals surface area contributed by atoms with Crippen molar-refractivity contribution in [3.63, 3.8) is 0 Å². The molecule has 0 unspecified atom stereocenters. The summed E-state index contributed by atoms with van der Waals surface area (Å²) >= 11 is 6.08. The lowest BCUT2D eigenvalue weighted by molar-refractivity contribution is 0.200. The molecule has 0 atom stereocenters. The Kier molecular flexibility index (Phi) is 5.54. The zero-order chi connectivity index (χ0) is 17.1. The molecule has 0 aliphatic carbocycles. The van der Waals surface area contributed by atoms with E-state index >= 15 is 0 Å². The molecule has 1 aliphatic rings. The maximum atomic E-state index is 6.08. The molecule has 0 N–H and O–H groups in total. The molecule has 1 aromatic heterocycles. The van der Waals surface area contributed by atoms with Crippen molar-refractivity contribution in [3.05, 3.63) is 46.5 Å². The van der Waals surface area contributed by atoms with Gasteiger partial charge in [0, 0.05) is 24.5 Å². The Morgan fingerprint density at radius 1 is 1.21 bits per heavy atom. The average molecular weight is 348 g/mol. The van der Waals surface area contributed by atoms with Gasteiger partial charge in [0.15, 0.2) is 0 Å². The lowest BCUT2D eigenvalue weighted by Gasteiger charge is -2.31. The molecule has 1 fully saturated rings. The maximum absolute atomic E-state index is 6.08. The van der Waals surface area contributed by atoms with Crippen LogP contribution in [0.3, 0.4) is 0 Å². The largest absolute Gasteiger partial charge is 0.317 e. The SMILES string of the molecule is CN(C)Cc1nnc(C2CCN(Cc3cccc(Cl)c3)CC2)n1C. The van der Waals surface area contributed by atoms with Gasteiger partial charge < -0.3 is 9.47 Å². The van der Waals surface area contributed by atoms with E-state index in [2.05, 4.69) is 57.8 Å². The lowest BCUT2D eigenvalue weighted by Crippen LogP contribution is -2.33. The van der Waals surface area contributed by atoms with E-state index in [4.69, 9.17) is 11.6 Å². The van der Waals surface area contributed by atoms with Gasteiger partial charge in [-0.1, -0.05) is 23.7 Å². The van der Waals surface area contributed by atoms with Crippen LogP contribution in [0.1, 0.15) is 36.0 Å². The molecule has 5 nitrogen and oxygen atoms in total. The van der Waals surface area contributed by atoms with Gasteiger partial charge >= 0.3 is 0 Å². The van der Waals surface area contributed by atoms with Gasteiger partial charge in [-0.15, -0.1) is 10.2 Å². The van der Waals surface area contributed by atoms with E-state index < -0.39 is 0 Å². The summed E-state index contributed by atoms with van der Waals surface area (Å²) in [6.07, 6.45) is 2.27. The number of nitrogens with zero attached hydrogens (tertiary/aromatic N) is 5. The highest BCUT2D eigenvalue weighted by Gasteiger charge is 2.25. The Labute approximate surface area is 149 Å². The van der Waals surface area contributed by atoms with E-state index in [-0.39, 0.29) is 0 Å². The van der Waals surface area contributed by atoms with Crippen LogP contribution in [-0.4, -0.2) is 51.7 Å². The Hall–Kier alpha value is -1.43. The number of hydrogen-bond donors (Lipinski definition) is 0. The highest BCUT2D eigenvalue weighted by molar-refractivity contribution is 6.30. The number of aromatic nitrogens is 3. The summed E-state index contributed by atoms with van der Waals surface area (Å²) in [7, 11) is 6.21. The van der Waals surface area contributed by atoms with E-state index in [1.165, 1.54) is 5.56 Å². The summed E-state index contributed by atoms with van der Waals surface area (Å²) < 4.78 is 2.18. The second kappa shape index (κ2) is 7.64. The third-order valence-corrected chi connectivity index (χ3v) is 4.94. The first kappa shape index (κ1) is 17.4. The first-order chi connectivity index (χ1) is 11.5. The summed E-state index contributed by atoms with van der Waals surface area (Å²) in [4.78, 5) is 4.63. The minimum Gasteiger partial charge on any atom is -0.317 e. The Morgan fingerprint density at radius 3 is 2.62 bits per heavy atom. The predicted octanol–water partition coefficient (Wildman–Crippen LogP) is 2.91. The molecule has 1 saturated heterocycles. The minimum absolute atomic E-state index is 0.508. The van der Waals surface area contributed by atoms with Crippen LogP contribution in [0.25, 0.3) is 0 Å². The highest BCUT2D eigenvalue weighted by atomic mass is 35.5. The number of halogens is 1. The molecule has 3 rings (SSSR count). The zero-order valence-corrected chi connectivity index (χ0v) is 15.5. The van der Waals surface area contributed by atoms with Crippen molar-refractivity contribution in [2.24, 2.45) is 7.05 Å². The van der Waals surface area contributed by atoms with Crippen molar-refractivity contribution in [3.8, 4) is 0 Å². The summed E-state index contributed by atoms with van der Waals surface area (Å²) in [5.41, 5.74) is 1.29. The van der Waals surface area contributed by atoms with Crippen molar-refractivity contribution in [2.45, 2.75) is 31.8 Å². The van der Waals surface area contributed by atoms with Crippen molar-refractivity contribution >= 4 is 11.6 Å². The van der Waals surface area contributed by atoms with Gasteiger partial charge in [-0.25, -0.2) is 0 Å². The minimum atomic E-state index is 0.508.